The molecule has 1 heterocycles. The lowest BCUT2D eigenvalue weighted by molar-refractivity contribution is 0.132. The molecule has 0 fully saturated rings. The summed E-state index contributed by atoms with van der Waals surface area (Å²) >= 11 is 0. The first-order valence-electron chi connectivity index (χ1n) is 8.73. The van der Waals surface area contributed by atoms with Gasteiger partial charge in [0.15, 0.2) is 0 Å². The van der Waals surface area contributed by atoms with Crippen molar-refractivity contribution in [3.05, 3.63) is 77.0 Å². The Bertz CT molecular complexity index is 900. The largest absolute Gasteiger partial charge is 0.439 e. The Morgan fingerprint density at radius 3 is 2.52 bits per heavy atom. The number of hydrogen-bond donors (Lipinski definition) is 1. The number of rotatable bonds is 7. The number of nitrogens with zero attached hydrogens (tertiary/aromatic N) is 3. The van der Waals surface area contributed by atoms with Crippen LogP contribution in [0.5, 0.6) is 11.6 Å². The number of ether oxygens (including phenoxy) is 1. The summed E-state index contributed by atoms with van der Waals surface area (Å²) in [6, 6.07) is 17.1. The van der Waals surface area contributed by atoms with Crippen LogP contribution in [0, 0.1) is 6.92 Å². The molecular formula is C21H23N3O3. The van der Waals surface area contributed by atoms with E-state index in [0.717, 1.165) is 28.1 Å². The van der Waals surface area contributed by atoms with Gasteiger partial charge in [-0.3, -0.25) is 0 Å². The Morgan fingerprint density at radius 1 is 1.15 bits per heavy atom. The van der Waals surface area contributed by atoms with Crippen LogP contribution >= 0.6 is 0 Å². The van der Waals surface area contributed by atoms with E-state index in [1.807, 2.05) is 68.6 Å². The van der Waals surface area contributed by atoms with Crippen LogP contribution in [0.1, 0.15) is 35.4 Å². The molecule has 0 aliphatic heterocycles. The van der Waals surface area contributed by atoms with Gasteiger partial charge in [-0.05, 0) is 37.1 Å². The molecule has 3 aromatic rings. The predicted octanol–water partition coefficient (Wildman–Crippen LogP) is 4.12. The second-order valence-electron chi connectivity index (χ2n) is 6.27. The van der Waals surface area contributed by atoms with Crippen molar-refractivity contribution in [2.75, 3.05) is 0 Å². The predicted molar refractivity (Wildman–Crippen MR) is 104 cm³/mol. The summed E-state index contributed by atoms with van der Waals surface area (Å²) in [5.74, 6) is 1.33. The zero-order valence-corrected chi connectivity index (χ0v) is 15.7. The van der Waals surface area contributed by atoms with Gasteiger partial charge < -0.3 is 14.7 Å². The highest BCUT2D eigenvalue weighted by atomic mass is 16.6. The van der Waals surface area contributed by atoms with Crippen LogP contribution in [0.25, 0.3) is 0 Å². The highest BCUT2D eigenvalue weighted by Gasteiger charge is 2.14. The van der Waals surface area contributed by atoms with Crippen molar-refractivity contribution in [1.29, 1.82) is 0 Å². The Hall–Kier alpha value is -3.12. The normalized spacial score (nSPS) is 12.3. The van der Waals surface area contributed by atoms with E-state index in [-0.39, 0.29) is 0 Å². The topological polar surface area (TPSA) is 68.9 Å². The number of aliphatic hydroxyl groups excluding tert-OH is 1. The molecule has 0 saturated carbocycles. The quantitative estimate of drug-likeness (QED) is 0.505. The van der Waals surface area contributed by atoms with Gasteiger partial charge in [0.2, 0.25) is 5.88 Å². The minimum Gasteiger partial charge on any atom is -0.439 e. The third kappa shape index (κ3) is 4.74. The van der Waals surface area contributed by atoms with Crippen LogP contribution in [-0.4, -0.2) is 21.1 Å². The maximum absolute atomic E-state index is 9.54. The first-order valence-corrected chi connectivity index (χ1v) is 8.73. The van der Waals surface area contributed by atoms with Crippen LogP contribution < -0.4 is 4.74 Å². The Labute approximate surface area is 158 Å². The van der Waals surface area contributed by atoms with Gasteiger partial charge >= 0.3 is 0 Å². The fourth-order valence-corrected chi connectivity index (χ4v) is 2.62. The second kappa shape index (κ2) is 8.51. The van der Waals surface area contributed by atoms with Crippen LogP contribution in [-0.2, 0) is 18.5 Å². The molecule has 0 saturated heterocycles. The van der Waals surface area contributed by atoms with E-state index in [1.54, 1.807) is 17.8 Å². The minimum atomic E-state index is -0.477. The van der Waals surface area contributed by atoms with Crippen LogP contribution in [0.15, 0.2) is 59.8 Å². The van der Waals surface area contributed by atoms with Gasteiger partial charge in [-0.25, -0.2) is 4.68 Å². The monoisotopic (exact) mass is 365 g/mol. The first-order chi connectivity index (χ1) is 13.0. The second-order valence-corrected chi connectivity index (χ2v) is 6.27. The molecule has 0 amide bonds. The smallest absolute Gasteiger partial charge is 0.226 e. The molecule has 3 rings (SSSR count). The molecule has 27 heavy (non-hydrogen) atoms. The van der Waals surface area contributed by atoms with Crippen molar-refractivity contribution in [2.24, 2.45) is 12.2 Å². The Balaban J connectivity index is 1.66. The summed E-state index contributed by atoms with van der Waals surface area (Å²) < 4.78 is 7.62. The van der Waals surface area contributed by atoms with E-state index in [4.69, 9.17) is 9.57 Å². The molecule has 6 heteroatoms. The zero-order chi connectivity index (χ0) is 19.2. The summed E-state index contributed by atoms with van der Waals surface area (Å²) in [7, 11) is 1.83. The molecule has 0 aliphatic carbocycles. The summed E-state index contributed by atoms with van der Waals surface area (Å²) in [6.07, 6.45) is 1.14. The first kappa shape index (κ1) is 18.7. The summed E-state index contributed by atoms with van der Waals surface area (Å²) in [5.41, 5.74) is 3.42. The minimum absolute atomic E-state index is 0.338. The standard InChI is InChI=1S/C21H23N3O3/c1-15-20(21(24(3)23-15)27-19-7-5-4-6-8-19)13-22-26-14-17-9-11-18(12-10-17)16(2)25/h4-13,16,25H,14H2,1-3H3. The number of aryl methyl sites for hydroxylation is 2. The molecule has 140 valence electrons. The van der Waals surface area contributed by atoms with Crippen LogP contribution in [0.2, 0.25) is 0 Å². The van der Waals surface area contributed by atoms with Gasteiger partial charge in [-0.15, -0.1) is 0 Å². The molecule has 0 aliphatic rings. The number of aromatic nitrogens is 2. The highest BCUT2D eigenvalue weighted by molar-refractivity contribution is 5.84. The molecule has 0 radical (unpaired) electrons. The fraction of sp³-hybridized carbons (Fsp3) is 0.238. The number of aliphatic hydroxyl groups is 1. The Kier molecular flexibility index (Phi) is 5.88. The van der Waals surface area contributed by atoms with Gasteiger partial charge in [0, 0.05) is 7.05 Å². The summed E-state index contributed by atoms with van der Waals surface area (Å²) in [5, 5.41) is 18.0. The van der Waals surface area contributed by atoms with Crippen molar-refractivity contribution in [3.8, 4) is 11.6 Å². The van der Waals surface area contributed by atoms with Gasteiger partial charge in [0.05, 0.1) is 23.6 Å². The van der Waals surface area contributed by atoms with E-state index in [2.05, 4.69) is 10.3 Å². The number of benzene rings is 2. The molecule has 1 N–H and O–H groups in total. The van der Waals surface area contributed by atoms with E-state index in [0.29, 0.717) is 12.5 Å². The number of oxime groups is 1. The van der Waals surface area contributed by atoms with Gasteiger partial charge in [0.25, 0.3) is 0 Å². The summed E-state index contributed by atoms with van der Waals surface area (Å²) in [6.45, 7) is 3.97. The average molecular weight is 365 g/mol. The molecule has 1 atom stereocenters. The lowest BCUT2D eigenvalue weighted by atomic mass is 10.1. The lowest BCUT2D eigenvalue weighted by Crippen LogP contribution is -1.97. The molecule has 2 aromatic carbocycles. The van der Waals surface area contributed by atoms with Crippen molar-refractivity contribution in [3.63, 3.8) is 0 Å². The average Bonchev–Trinajstić information content (AvgIpc) is 2.93. The molecule has 1 unspecified atom stereocenters. The molecular weight excluding hydrogens is 342 g/mol. The Morgan fingerprint density at radius 2 is 1.85 bits per heavy atom. The van der Waals surface area contributed by atoms with E-state index >= 15 is 0 Å². The van der Waals surface area contributed by atoms with Crippen LogP contribution in [0.4, 0.5) is 0 Å². The van der Waals surface area contributed by atoms with Gasteiger partial charge in [-0.2, -0.15) is 5.10 Å². The summed E-state index contributed by atoms with van der Waals surface area (Å²) in [4.78, 5) is 5.41. The SMILES string of the molecule is Cc1nn(C)c(Oc2ccccc2)c1C=NOCc1ccc(C(C)O)cc1. The highest BCUT2D eigenvalue weighted by Crippen LogP contribution is 2.25. The third-order valence-electron chi connectivity index (χ3n) is 4.12. The van der Waals surface area contributed by atoms with E-state index in [1.165, 1.54) is 0 Å². The molecule has 1 aromatic heterocycles. The van der Waals surface area contributed by atoms with E-state index < -0.39 is 6.10 Å². The number of para-hydroxylation sites is 1. The van der Waals surface area contributed by atoms with Gasteiger partial charge in [0.1, 0.15) is 12.4 Å². The van der Waals surface area contributed by atoms with Gasteiger partial charge in [-0.1, -0.05) is 47.6 Å². The molecule has 0 spiro atoms. The molecule has 0 bridgehead atoms. The fourth-order valence-electron chi connectivity index (χ4n) is 2.62. The zero-order valence-electron chi connectivity index (χ0n) is 15.7. The van der Waals surface area contributed by atoms with E-state index in [9.17, 15) is 5.11 Å². The van der Waals surface area contributed by atoms with Crippen molar-refractivity contribution < 1.29 is 14.7 Å². The molecule has 6 nitrogen and oxygen atoms in total. The van der Waals surface area contributed by atoms with Crippen molar-refractivity contribution in [1.82, 2.24) is 9.78 Å². The maximum atomic E-state index is 9.54. The van der Waals surface area contributed by atoms with Crippen LogP contribution in [0.3, 0.4) is 0 Å². The number of hydrogen-bond acceptors (Lipinski definition) is 5. The van der Waals surface area contributed by atoms with Crippen molar-refractivity contribution in [2.45, 2.75) is 26.6 Å². The third-order valence-corrected chi connectivity index (χ3v) is 4.12. The van der Waals surface area contributed by atoms with Crippen molar-refractivity contribution >= 4 is 6.21 Å². The lowest BCUT2D eigenvalue weighted by Gasteiger charge is -2.07. The maximum Gasteiger partial charge on any atom is 0.226 e.